The first-order valence-electron chi connectivity index (χ1n) is 5.84. The summed E-state index contributed by atoms with van der Waals surface area (Å²) in [6.45, 7) is 0.914. The van der Waals surface area contributed by atoms with Crippen molar-refractivity contribution in [3.63, 3.8) is 0 Å². The van der Waals surface area contributed by atoms with Crippen LogP contribution in [0.4, 0.5) is 0 Å². The first kappa shape index (κ1) is 10.4. The van der Waals surface area contributed by atoms with Crippen LogP contribution in [-0.2, 0) is 13.0 Å². The molecule has 1 unspecified atom stereocenters. The van der Waals surface area contributed by atoms with Gasteiger partial charge in [-0.2, -0.15) is 0 Å². The van der Waals surface area contributed by atoms with Gasteiger partial charge in [0.25, 0.3) is 0 Å². The number of aromatic nitrogens is 2. The van der Waals surface area contributed by atoms with Crippen molar-refractivity contribution in [2.75, 3.05) is 0 Å². The van der Waals surface area contributed by atoms with E-state index < -0.39 is 0 Å². The number of nitrogens with two attached hydrogens (primary N) is 1. The molecule has 1 aromatic heterocycles. The minimum atomic E-state index is 0.210. The molecule has 0 radical (unpaired) electrons. The quantitative estimate of drug-likeness (QED) is 0.779. The number of rotatable bonds is 1. The molecule has 4 heteroatoms. The standard InChI is InChI=1S/C13H15N3O/c14-9-5-6-16-8-11(15-13(16)7-9)10-3-1-2-4-12(10)17/h1-4,8-9,17H,5-7,14H2. The van der Waals surface area contributed by atoms with Crippen LogP contribution >= 0.6 is 0 Å². The fourth-order valence-corrected chi connectivity index (χ4v) is 2.27. The van der Waals surface area contributed by atoms with Crippen molar-refractivity contribution in [1.82, 2.24) is 9.55 Å². The zero-order valence-electron chi connectivity index (χ0n) is 9.50. The zero-order valence-corrected chi connectivity index (χ0v) is 9.50. The number of phenolic OH excluding ortho intramolecular Hbond substituents is 1. The van der Waals surface area contributed by atoms with Gasteiger partial charge in [0, 0.05) is 30.8 Å². The van der Waals surface area contributed by atoms with Gasteiger partial charge in [-0.05, 0) is 18.6 Å². The van der Waals surface area contributed by atoms with Crippen molar-refractivity contribution in [3.8, 4) is 17.0 Å². The first-order valence-corrected chi connectivity index (χ1v) is 5.84. The molecule has 0 aliphatic carbocycles. The van der Waals surface area contributed by atoms with E-state index in [2.05, 4.69) is 9.55 Å². The van der Waals surface area contributed by atoms with Crippen LogP contribution < -0.4 is 5.73 Å². The Labute approximate surface area is 99.7 Å². The predicted octanol–water partition coefficient (Wildman–Crippen LogP) is 1.53. The van der Waals surface area contributed by atoms with E-state index in [9.17, 15) is 5.11 Å². The Hall–Kier alpha value is -1.81. The summed E-state index contributed by atoms with van der Waals surface area (Å²) in [5.41, 5.74) is 7.53. The number of aryl methyl sites for hydroxylation is 1. The van der Waals surface area contributed by atoms with Crippen molar-refractivity contribution in [3.05, 3.63) is 36.3 Å². The lowest BCUT2D eigenvalue weighted by molar-refractivity contribution is 0.463. The zero-order chi connectivity index (χ0) is 11.8. The second kappa shape index (κ2) is 3.89. The van der Waals surface area contributed by atoms with Gasteiger partial charge >= 0.3 is 0 Å². The van der Waals surface area contributed by atoms with E-state index in [0.29, 0.717) is 0 Å². The minimum Gasteiger partial charge on any atom is -0.507 e. The number of nitrogens with zero attached hydrogens (tertiary/aromatic N) is 2. The molecule has 0 spiro atoms. The number of para-hydroxylation sites is 1. The van der Waals surface area contributed by atoms with Gasteiger partial charge in [0.05, 0.1) is 5.69 Å². The molecule has 1 aliphatic rings. The lowest BCUT2D eigenvalue weighted by Crippen LogP contribution is -2.30. The lowest BCUT2D eigenvalue weighted by atomic mass is 10.1. The maximum atomic E-state index is 9.80. The molecule has 88 valence electrons. The number of phenols is 1. The molecule has 0 saturated heterocycles. The van der Waals surface area contributed by atoms with Crippen molar-refractivity contribution in [2.24, 2.45) is 5.73 Å². The molecule has 1 aromatic carbocycles. The second-order valence-electron chi connectivity index (χ2n) is 4.51. The van der Waals surface area contributed by atoms with Crippen LogP contribution in [0.25, 0.3) is 11.3 Å². The van der Waals surface area contributed by atoms with Crippen molar-refractivity contribution >= 4 is 0 Å². The first-order chi connectivity index (χ1) is 8.24. The lowest BCUT2D eigenvalue weighted by Gasteiger charge is -2.18. The van der Waals surface area contributed by atoms with Crippen LogP contribution in [0, 0.1) is 0 Å². The Kier molecular flexibility index (Phi) is 2.37. The monoisotopic (exact) mass is 229 g/mol. The van der Waals surface area contributed by atoms with E-state index in [1.807, 2.05) is 24.4 Å². The van der Waals surface area contributed by atoms with Gasteiger partial charge < -0.3 is 15.4 Å². The Balaban J connectivity index is 2.03. The van der Waals surface area contributed by atoms with Gasteiger partial charge in [-0.3, -0.25) is 0 Å². The Morgan fingerprint density at radius 1 is 1.35 bits per heavy atom. The van der Waals surface area contributed by atoms with E-state index in [-0.39, 0.29) is 11.8 Å². The van der Waals surface area contributed by atoms with Crippen LogP contribution in [0.3, 0.4) is 0 Å². The highest BCUT2D eigenvalue weighted by Gasteiger charge is 2.18. The molecule has 2 aromatic rings. The minimum absolute atomic E-state index is 0.210. The molecule has 3 N–H and O–H groups in total. The normalized spacial score (nSPS) is 19.0. The molecular formula is C13H15N3O. The van der Waals surface area contributed by atoms with Gasteiger partial charge in [-0.1, -0.05) is 12.1 Å². The molecule has 1 aliphatic heterocycles. The average molecular weight is 229 g/mol. The molecule has 4 nitrogen and oxygen atoms in total. The maximum Gasteiger partial charge on any atom is 0.125 e. The Bertz CT molecular complexity index is 547. The fourth-order valence-electron chi connectivity index (χ4n) is 2.27. The summed E-state index contributed by atoms with van der Waals surface area (Å²) in [4.78, 5) is 4.56. The van der Waals surface area contributed by atoms with Crippen LogP contribution in [0.15, 0.2) is 30.5 Å². The van der Waals surface area contributed by atoms with Gasteiger partial charge in [0.15, 0.2) is 0 Å². The fraction of sp³-hybridized carbons (Fsp3) is 0.308. The third-order valence-corrected chi connectivity index (χ3v) is 3.22. The largest absolute Gasteiger partial charge is 0.507 e. The molecule has 17 heavy (non-hydrogen) atoms. The van der Waals surface area contributed by atoms with Gasteiger partial charge in [0.1, 0.15) is 11.6 Å². The highest BCUT2D eigenvalue weighted by Crippen LogP contribution is 2.29. The number of hydrogen-bond donors (Lipinski definition) is 2. The molecule has 0 amide bonds. The van der Waals surface area contributed by atoms with Crippen molar-refractivity contribution in [1.29, 1.82) is 0 Å². The summed E-state index contributed by atoms with van der Waals surface area (Å²) < 4.78 is 2.13. The third-order valence-electron chi connectivity index (χ3n) is 3.22. The summed E-state index contributed by atoms with van der Waals surface area (Å²) in [6.07, 6.45) is 3.80. The van der Waals surface area contributed by atoms with Crippen molar-refractivity contribution < 1.29 is 5.11 Å². The molecule has 3 rings (SSSR count). The molecule has 0 fully saturated rings. The van der Waals surface area contributed by atoms with Gasteiger partial charge in [-0.25, -0.2) is 4.98 Å². The average Bonchev–Trinajstić information content (AvgIpc) is 2.72. The van der Waals surface area contributed by atoms with E-state index in [4.69, 9.17) is 5.73 Å². The van der Waals surface area contributed by atoms with Gasteiger partial charge in [0.2, 0.25) is 0 Å². The third kappa shape index (κ3) is 1.80. The summed E-state index contributed by atoms with van der Waals surface area (Å²) in [5, 5.41) is 9.80. The van der Waals surface area contributed by atoms with Crippen molar-refractivity contribution in [2.45, 2.75) is 25.4 Å². The maximum absolute atomic E-state index is 9.80. The SMILES string of the molecule is NC1CCn2cc(-c3ccccc3O)nc2C1. The molecule has 2 heterocycles. The highest BCUT2D eigenvalue weighted by molar-refractivity contribution is 5.66. The van der Waals surface area contributed by atoms with E-state index >= 15 is 0 Å². The predicted molar refractivity (Wildman–Crippen MR) is 65.6 cm³/mol. The number of benzene rings is 1. The second-order valence-corrected chi connectivity index (χ2v) is 4.51. The molecular weight excluding hydrogens is 214 g/mol. The summed E-state index contributed by atoms with van der Waals surface area (Å²) in [7, 11) is 0. The smallest absolute Gasteiger partial charge is 0.125 e. The van der Waals surface area contributed by atoms with E-state index in [0.717, 1.165) is 36.5 Å². The van der Waals surface area contributed by atoms with Crippen LogP contribution in [0.5, 0.6) is 5.75 Å². The number of imidazole rings is 1. The summed E-state index contributed by atoms with van der Waals surface area (Å²) >= 11 is 0. The molecule has 0 bridgehead atoms. The number of fused-ring (bicyclic) bond motifs is 1. The number of aromatic hydroxyl groups is 1. The Morgan fingerprint density at radius 3 is 3.00 bits per heavy atom. The summed E-state index contributed by atoms with van der Waals surface area (Å²) in [5.74, 6) is 1.29. The Morgan fingerprint density at radius 2 is 2.18 bits per heavy atom. The van der Waals surface area contributed by atoms with Crippen LogP contribution in [0.2, 0.25) is 0 Å². The summed E-state index contributed by atoms with van der Waals surface area (Å²) in [6, 6.07) is 7.48. The van der Waals surface area contributed by atoms with Crippen LogP contribution in [-0.4, -0.2) is 20.7 Å². The molecule has 0 saturated carbocycles. The van der Waals surface area contributed by atoms with Gasteiger partial charge in [-0.15, -0.1) is 0 Å². The van der Waals surface area contributed by atoms with Crippen LogP contribution in [0.1, 0.15) is 12.2 Å². The van der Waals surface area contributed by atoms with E-state index in [1.165, 1.54) is 0 Å². The highest BCUT2D eigenvalue weighted by atomic mass is 16.3. The molecule has 1 atom stereocenters. The van der Waals surface area contributed by atoms with E-state index in [1.54, 1.807) is 6.07 Å². The topological polar surface area (TPSA) is 64.1 Å². The number of hydrogen-bond acceptors (Lipinski definition) is 3.